The maximum Gasteiger partial charge on any atom is 0.306 e. The summed E-state index contributed by atoms with van der Waals surface area (Å²) in [6.07, 6.45) is -0.129. The minimum Gasteiger partial charge on any atom is -0.485 e. The number of benzene rings is 1. The summed E-state index contributed by atoms with van der Waals surface area (Å²) in [6, 6.07) is 12.9. The van der Waals surface area contributed by atoms with Gasteiger partial charge in [0.05, 0.1) is 17.5 Å². The molecule has 0 atom stereocenters. The Balaban J connectivity index is 2.22. The molecule has 0 radical (unpaired) electrons. The summed E-state index contributed by atoms with van der Waals surface area (Å²) < 4.78 is 11.1. The number of Topliss-reactive ketones (excluding diaryl/α,β-unsaturated/α-hetero) is 1. The van der Waals surface area contributed by atoms with Gasteiger partial charge in [-0.2, -0.15) is 5.26 Å². The first-order valence-corrected chi connectivity index (χ1v) is 8.80. The number of carbonyl (C=O) groups is 2. The Morgan fingerprint density at radius 2 is 1.96 bits per heavy atom. The molecule has 1 aromatic heterocycles. The molecule has 0 bridgehead atoms. The lowest BCUT2D eigenvalue weighted by atomic mass is 10.1. The Bertz CT molecular complexity index is 831. The van der Waals surface area contributed by atoms with E-state index >= 15 is 0 Å². The molecule has 2 rings (SSSR count). The SMILES string of the molecule is CCOC(=O)CCC(=O)c1nc(C#N)cc(Br)c1OCc1ccccc1. The summed E-state index contributed by atoms with van der Waals surface area (Å²) in [5.41, 5.74) is 1.04. The summed E-state index contributed by atoms with van der Waals surface area (Å²) in [7, 11) is 0. The van der Waals surface area contributed by atoms with Crippen molar-refractivity contribution in [3.05, 3.63) is 57.8 Å². The van der Waals surface area contributed by atoms with E-state index in [1.54, 1.807) is 6.92 Å². The summed E-state index contributed by atoms with van der Waals surface area (Å²) in [4.78, 5) is 28.1. The Labute approximate surface area is 159 Å². The highest BCUT2D eigenvalue weighted by Crippen LogP contribution is 2.30. The third-order valence-electron chi connectivity index (χ3n) is 3.39. The third-order valence-corrected chi connectivity index (χ3v) is 3.98. The first kappa shape index (κ1) is 19.6. The number of esters is 1. The van der Waals surface area contributed by atoms with E-state index in [0.717, 1.165) is 5.56 Å². The Morgan fingerprint density at radius 1 is 1.23 bits per heavy atom. The van der Waals surface area contributed by atoms with E-state index in [-0.39, 0.29) is 49.0 Å². The Morgan fingerprint density at radius 3 is 2.62 bits per heavy atom. The molecular formula is C19H17BrN2O4. The Hall–Kier alpha value is -2.72. The third kappa shape index (κ3) is 5.39. The van der Waals surface area contributed by atoms with Crippen molar-refractivity contribution < 1.29 is 19.1 Å². The van der Waals surface area contributed by atoms with Gasteiger partial charge in [0.25, 0.3) is 0 Å². The van der Waals surface area contributed by atoms with Crippen LogP contribution in [0.1, 0.15) is 41.5 Å². The molecule has 0 saturated heterocycles. The highest BCUT2D eigenvalue weighted by atomic mass is 79.9. The molecule has 0 N–H and O–H groups in total. The van der Waals surface area contributed by atoms with Gasteiger partial charge in [-0.05, 0) is 34.5 Å². The van der Waals surface area contributed by atoms with Crippen LogP contribution in [0.15, 0.2) is 40.9 Å². The lowest BCUT2D eigenvalue weighted by molar-refractivity contribution is -0.143. The number of hydrogen-bond donors (Lipinski definition) is 0. The predicted octanol–water partition coefficient (Wildman–Crippen LogP) is 3.82. The molecule has 2 aromatic rings. The van der Waals surface area contributed by atoms with Crippen molar-refractivity contribution in [2.75, 3.05) is 6.61 Å². The van der Waals surface area contributed by atoms with Crippen molar-refractivity contribution in [1.82, 2.24) is 4.98 Å². The van der Waals surface area contributed by atoms with Crippen molar-refractivity contribution in [3.63, 3.8) is 0 Å². The predicted molar refractivity (Wildman–Crippen MR) is 97.6 cm³/mol. The van der Waals surface area contributed by atoms with Crippen molar-refractivity contribution in [2.24, 2.45) is 0 Å². The number of halogens is 1. The van der Waals surface area contributed by atoms with E-state index in [2.05, 4.69) is 20.9 Å². The second-order valence-corrected chi connectivity index (χ2v) is 6.14. The van der Waals surface area contributed by atoms with Crippen LogP contribution < -0.4 is 4.74 Å². The second-order valence-electron chi connectivity index (χ2n) is 5.28. The van der Waals surface area contributed by atoms with Gasteiger partial charge in [-0.1, -0.05) is 30.3 Å². The van der Waals surface area contributed by atoms with Crippen molar-refractivity contribution in [2.45, 2.75) is 26.4 Å². The van der Waals surface area contributed by atoms with E-state index in [9.17, 15) is 9.59 Å². The van der Waals surface area contributed by atoms with Gasteiger partial charge in [-0.15, -0.1) is 0 Å². The molecule has 0 unspecified atom stereocenters. The highest BCUT2D eigenvalue weighted by Gasteiger charge is 2.20. The number of nitrogens with zero attached hydrogens (tertiary/aromatic N) is 2. The largest absolute Gasteiger partial charge is 0.485 e. The van der Waals surface area contributed by atoms with E-state index in [0.29, 0.717) is 4.47 Å². The van der Waals surface area contributed by atoms with Crippen LogP contribution in [-0.2, 0) is 16.1 Å². The number of hydrogen-bond acceptors (Lipinski definition) is 6. The van der Waals surface area contributed by atoms with Crippen LogP contribution in [0.3, 0.4) is 0 Å². The van der Waals surface area contributed by atoms with Crippen LogP contribution in [0.5, 0.6) is 5.75 Å². The first-order chi connectivity index (χ1) is 12.5. The normalized spacial score (nSPS) is 10.0. The molecule has 0 aliphatic rings. The molecule has 26 heavy (non-hydrogen) atoms. The van der Waals surface area contributed by atoms with Crippen LogP contribution in [0.4, 0.5) is 0 Å². The molecule has 0 aliphatic carbocycles. The van der Waals surface area contributed by atoms with Crippen LogP contribution in [-0.4, -0.2) is 23.3 Å². The molecule has 1 heterocycles. The van der Waals surface area contributed by atoms with E-state index < -0.39 is 5.97 Å². The fourth-order valence-corrected chi connectivity index (χ4v) is 2.70. The molecule has 7 heteroatoms. The molecule has 0 aliphatic heterocycles. The summed E-state index contributed by atoms with van der Waals surface area (Å²) in [6.45, 7) is 2.20. The van der Waals surface area contributed by atoms with Gasteiger partial charge in [-0.25, -0.2) is 4.98 Å². The average Bonchev–Trinajstić information content (AvgIpc) is 2.65. The fraction of sp³-hybridized carbons (Fsp3) is 0.263. The van der Waals surface area contributed by atoms with Crippen LogP contribution in [0.25, 0.3) is 0 Å². The number of ether oxygens (including phenoxy) is 2. The molecule has 134 valence electrons. The maximum atomic E-state index is 12.5. The molecule has 0 spiro atoms. The molecule has 1 aromatic carbocycles. The number of ketones is 1. The first-order valence-electron chi connectivity index (χ1n) is 8.01. The van der Waals surface area contributed by atoms with Crippen molar-refractivity contribution in [1.29, 1.82) is 5.26 Å². The molecule has 0 saturated carbocycles. The summed E-state index contributed by atoms with van der Waals surface area (Å²) in [5.74, 6) is -0.594. The smallest absolute Gasteiger partial charge is 0.306 e. The van der Waals surface area contributed by atoms with Crippen LogP contribution in [0, 0.1) is 11.3 Å². The lowest BCUT2D eigenvalue weighted by Gasteiger charge is -2.12. The van der Waals surface area contributed by atoms with Gasteiger partial charge in [0.1, 0.15) is 18.4 Å². The number of nitriles is 1. The zero-order valence-electron chi connectivity index (χ0n) is 14.2. The fourth-order valence-electron chi connectivity index (χ4n) is 2.18. The van der Waals surface area contributed by atoms with Crippen molar-refractivity contribution in [3.8, 4) is 11.8 Å². The minimum atomic E-state index is -0.455. The summed E-state index contributed by atoms with van der Waals surface area (Å²) >= 11 is 3.33. The van der Waals surface area contributed by atoms with Gasteiger partial charge in [0.2, 0.25) is 0 Å². The summed E-state index contributed by atoms with van der Waals surface area (Å²) in [5, 5.41) is 9.10. The van der Waals surface area contributed by atoms with E-state index in [1.165, 1.54) is 6.07 Å². The molecule has 0 amide bonds. The number of rotatable bonds is 8. The van der Waals surface area contributed by atoms with Gasteiger partial charge >= 0.3 is 5.97 Å². The van der Waals surface area contributed by atoms with Gasteiger partial charge in [0.15, 0.2) is 17.2 Å². The van der Waals surface area contributed by atoms with E-state index in [4.69, 9.17) is 14.7 Å². The lowest BCUT2D eigenvalue weighted by Crippen LogP contribution is -2.12. The highest BCUT2D eigenvalue weighted by molar-refractivity contribution is 9.10. The number of carbonyl (C=O) groups excluding carboxylic acids is 2. The van der Waals surface area contributed by atoms with Crippen LogP contribution >= 0.6 is 15.9 Å². The molecule has 6 nitrogen and oxygen atoms in total. The number of aromatic nitrogens is 1. The van der Waals surface area contributed by atoms with E-state index in [1.807, 2.05) is 36.4 Å². The minimum absolute atomic E-state index is 0.0242. The zero-order chi connectivity index (χ0) is 18.9. The number of pyridine rings is 1. The molecule has 0 fully saturated rings. The standard InChI is InChI=1S/C19H17BrN2O4/c1-2-25-17(24)9-8-16(23)18-19(15(20)10-14(11-21)22-18)26-12-13-6-4-3-5-7-13/h3-7,10H,2,8-9,12H2,1H3. The van der Waals surface area contributed by atoms with Gasteiger partial charge < -0.3 is 9.47 Å². The van der Waals surface area contributed by atoms with Crippen LogP contribution in [0.2, 0.25) is 0 Å². The zero-order valence-corrected chi connectivity index (χ0v) is 15.8. The average molecular weight is 417 g/mol. The Kier molecular flexibility index (Phi) is 7.30. The topological polar surface area (TPSA) is 89.3 Å². The molecular weight excluding hydrogens is 400 g/mol. The monoisotopic (exact) mass is 416 g/mol. The van der Waals surface area contributed by atoms with Gasteiger partial charge in [0, 0.05) is 6.42 Å². The van der Waals surface area contributed by atoms with Gasteiger partial charge in [-0.3, -0.25) is 9.59 Å². The second kappa shape index (κ2) is 9.68. The maximum absolute atomic E-state index is 12.5. The quantitative estimate of drug-likeness (QED) is 0.479. The van der Waals surface area contributed by atoms with Crippen molar-refractivity contribution >= 4 is 27.7 Å².